The SMILES string of the molecule is CC(C)(C)c1cc(-c2cccc(-c3ccccc3)c2)nc(-c2cccc3ccc(-c4cc5c(cc4O)oc4nncn45)nc23)c1. The Hall–Kier alpha value is -5.82. The third-order valence-electron chi connectivity index (χ3n) is 8.28. The maximum Gasteiger partial charge on any atom is 0.327 e. The van der Waals surface area contributed by atoms with Crippen LogP contribution in [0.15, 0.2) is 120 Å². The van der Waals surface area contributed by atoms with Crippen molar-refractivity contribution in [2.75, 3.05) is 0 Å². The van der Waals surface area contributed by atoms with Crippen LogP contribution in [0.3, 0.4) is 0 Å². The van der Waals surface area contributed by atoms with Gasteiger partial charge in [0.1, 0.15) is 12.1 Å². The van der Waals surface area contributed by atoms with Crippen LogP contribution in [0.5, 0.6) is 5.75 Å². The quantitative estimate of drug-likeness (QED) is 0.221. The zero-order chi connectivity index (χ0) is 30.7. The van der Waals surface area contributed by atoms with E-state index >= 15 is 0 Å². The highest BCUT2D eigenvalue weighted by Crippen LogP contribution is 2.38. The number of pyridine rings is 2. The number of nitrogens with zero attached hydrogens (tertiary/aromatic N) is 5. The standard InChI is InChI=1S/C38H29N5O2/c1-38(2,3)27-18-31(26-13-7-12-25(17-26)23-9-5-4-6-10-23)40-32(19-27)28-14-8-11-24-15-16-30(41-36(24)28)29-20-33-35(21-34(29)44)45-37-42-39-22-43(33)37/h4-22,44H,1-3H3. The molecular weight excluding hydrogens is 558 g/mol. The van der Waals surface area contributed by atoms with Crippen LogP contribution in [0.2, 0.25) is 0 Å². The van der Waals surface area contributed by atoms with Crippen molar-refractivity contribution >= 4 is 27.8 Å². The van der Waals surface area contributed by atoms with Gasteiger partial charge >= 0.3 is 5.84 Å². The number of oxazole rings is 1. The van der Waals surface area contributed by atoms with Crippen molar-refractivity contribution in [1.29, 1.82) is 0 Å². The molecule has 8 aromatic rings. The highest BCUT2D eigenvalue weighted by Gasteiger charge is 2.20. The Morgan fingerprint density at radius 2 is 1.44 bits per heavy atom. The van der Waals surface area contributed by atoms with E-state index in [0.29, 0.717) is 22.7 Å². The molecule has 7 nitrogen and oxygen atoms in total. The molecule has 0 aliphatic carbocycles. The van der Waals surface area contributed by atoms with Crippen molar-refractivity contribution in [3.63, 3.8) is 0 Å². The van der Waals surface area contributed by atoms with Crippen LogP contribution in [0.1, 0.15) is 26.3 Å². The third-order valence-corrected chi connectivity index (χ3v) is 8.28. The van der Waals surface area contributed by atoms with Crippen LogP contribution in [0.25, 0.3) is 72.7 Å². The number of hydrogen-bond acceptors (Lipinski definition) is 6. The Balaban J connectivity index is 1.30. The smallest absolute Gasteiger partial charge is 0.327 e. The number of hydrogen-bond donors (Lipinski definition) is 1. The van der Waals surface area contributed by atoms with Crippen molar-refractivity contribution in [3.8, 4) is 50.6 Å². The van der Waals surface area contributed by atoms with Gasteiger partial charge in [-0.25, -0.2) is 14.4 Å². The molecule has 4 aromatic heterocycles. The van der Waals surface area contributed by atoms with Gasteiger partial charge < -0.3 is 9.52 Å². The molecule has 0 aliphatic rings. The molecule has 0 aliphatic heterocycles. The summed E-state index contributed by atoms with van der Waals surface area (Å²) in [6, 6.07) is 36.9. The van der Waals surface area contributed by atoms with E-state index in [1.807, 2.05) is 36.4 Å². The summed E-state index contributed by atoms with van der Waals surface area (Å²) in [5.41, 5.74) is 10.4. The van der Waals surface area contributed by atoms with E-state index in [4.69, 9.17) is 14.4 Å². The summed E-state index contributed by atoms with van der Waals surface area (Å²) < 4.78 is 7.48. The van der Waals surface area contributed by atoms with Crippen LogP contribution in [-0.2, 0) is 5.41 Å². The predicted octanol–water partition coefficient (Wildman–Crippen LogP) is 9.09. The van der Waals surface area contributed by atoms with E-state index in [2.05, 4.69) is 97.7 Å². The van der Waals surface area contributed by atoms with E-state index in [9.17, 15) is 5.11 Å². The van der Waals surface area contributed by atoms with E-state index in [1.165, 1.54) is 11.1 Å². The van der Waals surface area contributed by atoms with Crippen LogP contribution >= 0.6 is 0 Å². The second-order valence-electron chi connectivity index (χ2n) is 12.3. The van der Waals surface area contributed by atoms with Crippen molar-refractivity contribution < 1.29 is 9.52 Å². The fourth-order valence-corrected chi connectivity index (χ4v) is 5.83. The molecule has 218 valence electrons. The van der Waals surface area contributed by atoms with Crippen LogP contribution in [0.4, 0.5) is 0 Å². The molecule has 0 fully saturated rings. The van der Waals surface area contributed by atoms with Gasteiger partial charge in [-0.1, -0.05) is 98.7 Å². The summed E-state index contributed by atoms with van der Waals surface area (Å²) in [4.78, 5) is 10.4. The van der Waals surface area contributed by atoms with Crippen molar-refractivity contribution in [2.24, 2.45) is 0 Å². The first kappa shape index (κ1) is 26.8. The highest BCUT2D eigenvalue weighted by atomic mass is 16.4. The van der Waals surface area contributed by atoms with Gasteiger partial charge in [0.05, 0.1) is 28.1 Å². The number of fused-ring (bicyclic) bond motifs is 4. The third kappa shape index (κ3) is 4.69. The first-order chi connectivity index (χ1) is 21.8. The molecule has 0 unspecified atom stereocenters. The maximum atomic E-state index is 11.0. The Bertz CT molecular complexity index is 2380. The Morgan fingerprint density at radius 3 is 2.29 bits per heavy atom. The minimum Gasteiger partial charge on any atom is -0.507 e. The number of para-hydroxylation sites is 1. The van der Waals surface area contributed by atoms with Gasteiger partial charge in [0.25, 0.3) is 0 Å². The molecule has 8 rings (SSSR count). The lowest BCUT2D eigenvalue weighted by atomic mass is 9.85. The average molecular weight is 588 g/mol. The molecule has 0 radical (unpaired) electrons. The first-order valence-corrected chi connectivity index (χ1v) is 14.9. The fourth-order valence-electron chi connectivity index (χ4n) is 5.83. The lowest BCUT2D eigenvalue weighted by Gasteiger charge is -2.21. The molecule has 0 spiro atoms. The monoisotopic (exact) mass is 587 g/mol. The summed E-state index contributed by atoms with van der Waals surface area (Å²) >= 11 is 0. The average Bonchev–Trinajstić information content (AvgIpc) is 3.65. The minimum absolute atomic E-state index is 0.0743. The molecule has 0 atom stereocenters. The second-order valence-corrected chi connectivity index (χ2v) is 12.3. The summed E-state index contributed by atoms with van der Waals surface area (Å²) in [5.74, 6) is 0.440. The zero-order valence-corrected chi connectivity index (χ0v) is 25.1. The predicted molar refractivity (Wildman–Crippen MR) is 178 cm³/mol. The molecule has 7 heteroatoms. The summed E-state index contributed by atoms with van der Waals surface area (Å²) in [5, 5.41) is 19.9. The highest BCUT2D eigenvalue weighted by molar-refractivity contribution is 5.95. The van der Waals surface area contributed by atoms with Gasteiger partial charge in [-0.3, -0.25) is 0 Å². The maximum absolute atomic E-state index is 11.0. The second kappa shape index (κ2) is 10.1. The van der Waals surface area contributed by atoms with Gasteiger partial charge in [0.2, 0.25) is 0 Å². The van der Waals surface area contributed by atoms with Gasteiger partial charge in [-0.2, -0.15) is 0 Å². The molecule has 0 saturated carbocycles. The zero-order valence-electron chi connectivity index (χ0n) is 25.1. The van der Waals surface area contributed by atoms with Crippen LogP contribution in [-0.4, -0.2) is 29.7 Å². The lowest BCUT2D eigenvalue weighted by Crippen LogP contribution is -2.12. The van der Waals surface area contributed by atoms with Crippen molar-refractivity contribution in [3.05, 3.63) is 121 Å². The Morgan fingerprint density at radius 1 is 0.667 bits per heavy atom. The van der Waals surface area contributed by atoms with E-state index < -0.39 is 0 Å². The largest absolute Gasteiger partial charge is 0.507 e. The number of aromatic hydroxyl groups is 1. The summed E-state index contributed by atoms with van der Waals surface area (Å²) in [7, 11) is 0. The lowest BCUT2D eigenvalue weighted by molar-refractivity contribution is 0.476. The molecule has 45 heavy (non-hydrogen) atoms. The van der Waals surface area contributed by atoms with Gasteiger partial charge in [0, 0.05) is 28.1 Å². The molecule has 0 amide bonds. The van der Waals surface area contributed by atoms with Crippen molar-refractivity contribution in [1.82, 2.24) is 24.6 Å². The number of rotatable bonds is 4. The number of benzene rings is 4. The molecular formula is C38H29N5O2. The first-order valence-electron chi connectivity index (χ1n) is 14.9. The van der Waals surface area contributed by atoms with Gasteiger partial charge in [-0.15, -0.1) is 5.10 Å². The van der Waals surface area contributed by atoms with Gasteiger partial charge in [0.15, 0.2) is 5.58 Å². The minimum atomic E-state index is -0.105. The van der Waals surface area contributed by atoms with E-state index in [1.54, 1.807) is 16.8 Å². The van der Waals surface area contributed by atoms with Crippen LogP contribution in [0, 0.1) is 0 Å². The molecule has 4 heterocycles. The van der Waals surface area contributed by atoms with Crippen molar-refractivity contribution in [2.45, 2.75) is 26.2 Å². The fraction of sp³-hybridized carbons (Fsp3) is 0.105. The molecule has 4 aromatic carbocycles. The molecule has 0 bridgehead atoms. The van der Waals surface area contributed by atoms with E-state index in [-0.39, 0.29) is 11.2 Å². The normalized spacial score (nSPS) is 12.0. The Kier molecular flexibility index (Phi) is 6.03. The molecule has 0 saturated heterocycles. The number of aromatic nitrogens is 5. The molecule has 1 N–H and O–H groups in total. The Labute approximate surface area is 259 Å². The summed E-state index contributed by atoms with van der Waals surface area (Å²) in [6.45, 7) is 6.66. The van der Waals surface area contributed by atoms with E-state index in [0.717, 1.165) is 44.5 Å². The van der Waals surface area contributed by atoms with Gasteiger partial charge in [-0.05, 0) is 52.4 Å². The number of phenols is 1. The van der Waals surface area contributed by atoms with Crippen LogP contribution < -0.4 is 0 Å². The number of phenolic OH excluding ortho intramolecular Hbond substituents is 1. The topological polar surface area (TPSA) is 89.3 Å². The summed E-state index contributed by atoms with van der Waals surface area (Å²) in [6.07, 6.45) is 1.59.